The molecule has 0 bridgehead atoms. The molecular weight excluding hydrogens is 444 g/mol. The second-order valence-corrected chi connectivity index (χ2v) is 9.37. The van der Waals surface area contributed by atoms with Crippen molar-refractivity contribution in [2.24, 2.45) is 0 Å². The average Bonchev–Trinajstić information content (AvgIpc) is 3.61. The first-order valence-electron chi connectivity index (χ1n) is 11.6. The first kappa shape index (κ1) is 22.4. The van der Waals surface area contributed by atoms with Gasteiger partial charge in [0.15, 0.2) is 16.8 Å². The summed E-state index contributed by atoms with van der Waals surface area (Å²) in [6.07, 6.45) is 4.72. The van der Waals surface area contributed by atoms with Gasteiger partial charge in [0.2, 0.25) is 0 Å². The third kappa shape index (κ3) is 4.63. The zero-order valence-corrected chi connectivity index (χ0v) is 19.7. The predicted octanol–water partition coefficient (Wildman–Crippen LogP) is 4.71. The lowest BCUT2D eigenvalue weighted by Gasteiger charge is -2.15. The molecule has 172 valence electrons. The quantitative estimate of drug-likeness (QED) is 0.260. The number of nitriles is 1. The molecule has 0 radical (unpaired) electrons. The Labute approximate surface area is 203 Å². The number of ketones is 1. The monoisotopic (exact) mass is 470 g/mol. The van der Waals surface area contributed by atoms with Gasteiger partial charge in [0.05, 0.1) is 24.8 Å². The summed E-state index contributed by atoms with van der Waals surface area (Å²) in [4.78, 5) is 15.7. The number of fused-ring (bicyclic) bond motifs is 1. The molecule has 2 aromatic heterocycles. The van der Waals surface area contributed by atoms with Crippen LogP contribution < -0.4 is 0 Å². The van der Waals surface area contributed by atoms with E-state index in [1.165, 1.54) is 24.6 Å². The van der Waals surface area contributed by atoms with Crippen LogP contribution in [0.15, 0.2) is 66.0 Å². The van der Waals surface area contributed by atoms with E-state index in [9.17, 15) is 4.79 Å². The second kappa shape index (κ2) is 10.2. The third-order valence-electron chi connectivity index (χ3n) is 6.16. The molecule has 0 aliphatic carbocycles. The van der Waals surface area contributed by atoms with Crippen molar-refractivity contribution in [1.29, 1.82) is 5.26 Å². The number of likely N-dealkylation sites (tertiary alicyclic amines) is 1. The highest BCUT2D eigenvalue weighted by molar-refractivity contribution is 7.99. The van der Waals surface area contributed by atoms with E-state index in [0.29, 0.717) is 18.5 Å². The van der Waals surface area contributed by atoms with E-state index in [2.05, 4.69) is 25.7 Å². The Bertz CT molecular complexity index is 1330. The molecule has 0 amide bonds. The zero-order chi connectivity index (χ0) is 23.3. The van der Waals surface area contributed by atoms with Crippen LogP contribution in [-0.2, 0) is 13.1 Å². The van der Waals surface area contributed by atoms with Gasteiger partial charge in [-0.25, -0.2) is 0 Å². The molecule has 34 heavy (non-hydrogen) atoms. The summed E-state index contributed by atoms with van der Waals surface area (Å²) in [5, 5.41) is 19.6. The first-order chi connectivity index (χ1) is 16.7. The maximum absolute atomic E-state index is 13.3. The topological polar surface area (TPSA) is 79.7 Å². The van der Waals surface area contributed by atoms with Crippen molar-refractivity contribution in [3.63, 3.8) is 0 Å². The summed E-state index contributed by atoms with van der Waals surface area (Å²) >= 11 is 1.42. The van der Waals surface area contributed by atoms with Crippen molar-refractivity contribution in [2.75, 3.05) is 18.8 Å². The summed E-state index contributed by atoms with van der Waals surface area (Å²) in [5.74, 6) is 1.21. The summed E-state index contributed by atoms with van der Waals surface area (Å²) in [6.45, 7) is 3.49. The van der Waals surface area contributed by atoms with E-state index in [0.717, 1.165) is 47.2 Å². The highest BCUT2D eigenvalue weighted by Gasteiger charge is 2.21. The number of thioether (sulfide) groups is 1. The Morgan fingerprint density at radius 3 is 2.59 bits per heavy atom. The first-order valence-corrected chi connectivity index (χ1v) is 12.6. The summed E-state index contributed by atoms with van der Waals surface area (Å²) < 4.78 is 4.07. The third-order valence-corrected chi connectivity index (χ3v) is 7.09. The van der Waals surface area contributed by atoms with Gasteiger partial charge in [-0.15, -0.1) is 10.2 Å². The maximum Gasteiger partial charge on any atom is 0.196 e. The number of aryl methyl sites for hydroxylation is 1. The molecule has 1 saturated heterocycles. The van der Waals surface area contributed by atoms with Gasteiger partial charge in [0, 0.05) is 34.9 Å². The van der Waals surface area contributed by atoms with Gasteiger partial charge < -0.3 is 4.57 Å². The van der Waals surface area contributed by atoms with Gasteiger partial charge in [-0.3, -0.25) is 14.3 Å². The normalized spacial score (nSPS) is 14.0. The second-order valence-electron chi connectivity index (χ2n) is 8.43. The standard InChI is InChI=1S/C26H26N6OS/c27-13-8-16-31-17-22(21-11-4-5-12-23(21)31)24(33)19-34-26-29-28-25(18-30-14-6-7-15-30)32(26)20-9-2-1-3-10-20/h1-5,9-12,17H,6-8,14-16,18-19H2. The lowest BCUT2D eigenvalue weighted by atomic mass is 10.1. The molecule has 0 N–H and O–H groups in total. The van der Waals surface area contributed by atoms with Crippen LogP contribution in [0, 0.1) is 11.3 Å². The molecule has 0 atom stereocenters. The highest BCUT2D eigenvalue weighted by atomic mass is 32.2. The summed E-state index contributed by atoms with van der Waals surface area (Å²) in [5.41, 5.74) is 2.67. The van der Waals surface area contributed by atoms with Crippen LogP contribution in [0.25, 0.3) is 16.6 Å². The van der Waals surface area contributed by atoms with Crippen molar-refractivity contribution in [2.45, 2.75) is 37.5 Å². The van der Waals surface area contributed by atoms with Gasteiger partial charge in [-0.1, -0.05) is 48.2 Å². The van der Waals surface area contributed by atoms with Crippen molar-refractivity contribution >= 4 is 28.4 Å². The van der Waals surface area contributed by atoms with Crippen LogP contribution in [0.2, 0.25) is 0 Å². The number of hydrogen-bond acceptors (Lipinski definition) is 6. The number of Topliss-reactive ketones (excluding diaryl/α,β-unsaturated/α-hetero) is 1. The van der Waals surface area contributed by atoms with E-state index >= 15 is 0 Å². The van der Waals surface area contributed by atoms with Crippen molar-refractivity contribution in [1.82, 2.24) is 24.2 Å². The number of aromatic nitrogens is 4. The van der Waals surface area contributed by atoms with Crippen LogP contribution in [0.5, 0.6) is 0 Å². The molecule has 1 aliphatic heterocycles. The fourth-order valence-corrected chi connectivity index (χ4v) is 5.36. The van der Waals surface area contributed by atoms with Gasteiger partial charge in [-0.2, -0.15) is 5.26 Å². The molecule has 1 aliphatic rings. The number of benzene rings is 2. The zero-order valence-electron chi connectivity index (χ0n) is 18.9. The van der Waals surface area contributed by atoms with E-state index in [1.807, 2.05) is 65.4 Å². The molecule has 0 spiro atoms. The number of hydrogen-bond donors (Lipinski definition) is 0. The maximum atomic E-state index is 13.3. The molecular formula is C26H26N6OS. The molecule has 2 aromatic carbocycles. The van der Waals surface area contributed by atoms with Crippen molar-refractivity contribution in [3.8, 4) is 11.8 Å². The van der Waals surface area contributed by atoms with E-state index < -0.39 is 0 Å². The lowest BCUT2D eigenvalue weighted by molar-refractivity contribution is 0.102. The minimum atomic E-state index is 0.0422. The molecule has 1 fully saturated rings. The van der Waals surface area contributed by atoms with Gasteiger partial charge in [-0.05, 0) is 44.1 Å². The highest BCUT2D eigenvalue weighted by Crippen LogP contribution is 2.27. The van der Waals surface area contributed by atoms with E-state index in [-0.39, 0.29) is 11.5 Å². The molecule has 0 saturated carbocycles. The Kier molecular flexibility index (Phi) is 6.74. The fourth-order valence-electron chi connectivity index (χ4n) is 4.51. The number of carbonyl (C=O) groups excluding carboxylic acids is 1. The summed E-state index contributed by atoms with van der Waals surface area (Å²) in [7, 11) is 0. The van der Waals surface area contributed by atoms with Crippen LogP contribution in [0.3, 0.4) is 0 Å². The lowest BCUT2D eigenvalue weighted by Crippen LogP contribution is -2.21. The van der Waals surface area contributed by atoms with Crippen LogP contribution in [0.1, 0.15) is 35.4 Å². The Balaban J connectivity index is 1.39. The minimum absolute atomic E-state index is 0.0422. The molecule has 3 heterocycles. The molecule has 7 nitrogen and oxygen atoms in total. The SMILES string of the molecule is N#CCCn1cc(C(=O)CSc2nnc(CN3CCCC3)n2-c2ccccc2)c2ccccc21. The van der Waals surface area contributed by atoms with Crippen LogP contribution >= 0.6 is 11.8 Å². The minimum Gasteiger partial charge on any atom is -0.346 e. The molecule has 4 aromatic rings. The van der Waals surface area contributed by atoms with Crippen LogP contribution in [-0.4, -0.2) is 48.9 Å². The molecule has 8 heteroatoms. The molecule has 5 rings (SSSR count). The largest absolute Gasteiger partial charge is 0.346 e. The Morgan fingerprint density at radius 1 is 1.03 bits per heavy atom. The smallest absolute Gasteiger partial charge is 0.196 e. The van der Waals surface area contributed by atoms with Crippen LogP contribution in [0.4, 0.5) is 0 Å². The van der Waals surface area contributed by atoms with Gasteiger partial charge in [0.1, 0.15) is 0 Å². The van der Waals surface area contributed by atoms with Gasteiger partial charge in [0.25, 0.3) is 0 Å². The fraction of sp³-hybridized carbons (Fsp3) is 0.308. The predicted molar refractivity (Wildman–Crippen MR) is 133 cm³/mol. The Hall–Kier alpha value is -3.41. The van der Waals surface area contributed by atoms with Gasteiger partial charge >= 0.3 is 0 Å². The molecule has 0 unspecified atom stereocenters. The number of para-hydroxylation sites is 2. The van der Waals surface area contributed by atoms with E-state index in [1.54, 1.807) is 0 Å². The van der Waals surface area contributed by atoms with Crippen molar-refractivity contribution in [3.05, 3.63) is 72.2 Å². The summed E-state index contributed by atoms with van der Waals surface area (Å²) in [6, 6.07) is 20.1. The Morgan fingerprint density at radius 2 is 1.79 bits per heavy atom. The average molecular weight is 471 g/mol. The number of rotatable bonds is 9. The number of carbonyl (C=O) groups is 1. The van der Waals surface area contributed by atoms with E-state index in [4.69, 9.17) is 5.26 Å². The number of nitrogens with zero attached hydrogens (tertiary/aromatic N) is 6. The van der Waals surface area contributed by atoms with Crippen molar-refractivity contribution < 1.29 is 4.79 Å².